The molecular weight excluding hydrogens is 349 g/mol. The second-order valence-corrected chi connectivity index (χ2v) is 6.73. The Morgan fingerprint density at radius 2 is 2.12 bits per heavy atom. The number of imidazole rings is 1. The summed E-state index contributed by atoms with van der Waals surface area (Å²) in [5.41, 5.74) is 6.15. The maximum atomic E-state index is 12.1. The lowest BCUT2D eigenvalue weighted by Gasteiger charge is -2.13. The zero-order valence-electron chi connectivity index (χ0n) is 14.0. The number of ether oxygens (including phenoxy) is 2. The van der Waals surface area contributed by atoms with E-state index in [1.807, 2.05) is 0 Å². The Labute approximate surface area is 150 Å². The summed E-state index contributed by atoms with van der Waals surface area (Å²) in [6, 6.07) is 0.385. The molecule has 1 unspecified atom stereocenters. The number of nitrogens with zero attached hydrogens (tertiary/aromatic N) is 4. The van der Waals surface area contributed by atoms with Crippen molar-refractivity contribution in [2.75, 3.05) is 25.6 Å². The van der Waals surface area contributed by atoms with Crippen LogP contribution in [0, 0.1) is 5.92 Å². The van der Waals surface area contributed by atoms with Crippen molar-refractivity contribution in [3.63, 3.8) is 0 Å². The van der Waals surface area contributed by atoms with Crippen molar-refractivity contribution in [3.8, 4) is 6.01 Å². The van der Waals surface area contributed by atoms with E-state index in [4.69, 9.17) is 26.8 Å². The number of rotatable bonds is 3. The predicted octanol–water partition coefficient (Wildman–Crippen LogP) is 3.06. The molecule has 1 atom stereocenters. The van der Waals surface area contributed by atoms with Crippen LogP contribution in [-0.2, 0) is 4.74 Å². The van der Waals surface area contributed by atoms with Crippen LogP contribution in [0.25, 0.3) is 5.52 Å². The van der Waals surface area contributed by atoms with Crippen molar-refractivity contribution in [2.45, 2.75) is 44.7 Å². The van der Waals surface area contributed by atoms with Crippen LogP contribution in [0.3, 0.4) is 0 Å². The molecular formula is C16H23ClFN5O2. The van der Waals surface area contributed by atoms with E-state index in [9.17, 15) is 4.39 Å². The average molecular weight is 372 g/mol. The van der Waals surface area contributed by atoms with Gasteiger partial charge in [0.25, 0.3) is 0 Å². The highest BCUT2D eigenvalue weighted by Crippen LogP contribution is 2.26. The summed E-state index contributed by atoms with van der Waals surface area (Å²) in [6.07, 6.45) is 7.44. The average Bonchev–Trinajstić information content (AvgIpc) is 3.22. The van der Waals surface area contributed by atoms with E-state index in [1.54, 1.807) is 6.20 Å². The van der Waals surface area contributed by atoms with Gasteiger partial charge in [0.1, 0.15) is 11.7 Å². The molecule has 2 aliphatic rings. The van der Waals surface area contributed by atoms with E-state index in [2.05, 4.69) is 15.1 Å². The van der Waals surface area contributed by atoms with Gasteiger partial charge in [-0.1, -0.05) is 24.4 Å². The molecule has 0 spiro atoms. The first kappa shape index (κ1) is 18.1. The SMILES string of the molecule is FC1CCCOC1.Nc1ncc2c(Cl)nc(OCC3CCCC3)n2n1. The van der Waals surface area contributed by atoms with Gasteiger partial charge in [-0.05, 0) is 31.6 Å². The lowest BCUT2D eigenvalue weighted by molar-refractivity contribution is 0.0366. The lowest BCUT2D eigenvalue weighted by Crippen LogP contribution is -2.17. The van der Waals surface area contributed by atoms with Gasteiger partial charge in [0.15, 0.2) is 5.15 Å². The summed E-state index contributed by atoms with van der Waals surface area (Å²) >= 11 is 5.99. The van der Waals surface area contributed by atoms with Crippen molar-refractivity contribution >= 4 is 23.1 Å². The van der Waals surface area contributed by atoms with Gasteiger partial charge in [-0.25, -0.2) is 9.37 Å². The largest absolute Gasteiger partial charge is 0.463 e. The molecule has 2 fully saturated rings. The number of fused-ring (bicyclic) bond motifs is 1. The summed E-state index contributed by atoms with van der Waals surface area (Å²) in [5.74, 6) is 0.776. The number of alkyl halides is 1. The fraction of sp³-hybridized carbons (Fsp3) is 0.688. The monoisotopic (exact) mass is 371 g/mol. The number of hydrogen-bond donors (Lipinski definition) is 1. The lowest BCUT2D eigenvalue weighted by atomic mass is 10.1. The standard InChI is InChI=1S/C11H14ClN5O.C5H9FO/c12-9-8-5-14-10(13)16-17(8)11(15-9)18-6-7-3-1-2-4-7;6-5-2-1-3-7-4-5/h5,7H,1-4,6H2,(H2,13,16);5H,1-4H2. The molecule has 2 N–H and O–H groups in total. The Bertz CT molecular complexity index is 686. The van der Waals surface area contributed by atoms with Crippen molar-refractivity contribution in [3.05, 3.63) is 11.3 Å². The Kier molecular flexibility index (Phi) is 6.25. The van der Waals surface area contributed by atoms with E-state index >= 15 is 0 Å². The highest BCUT2D eigenvalue weighted by molar-refractivity contribution is 6.32. The van der Waals surface area contributed by atoms with E-state index in [-0.39, 0.29) is 5.95 Å². The van der Waals surface area contributed by atoms with Gasteiger partial charge in [0, 0.05) is 6.61 Å². The molecule has 1 aliphatic carbocycles. The van der Waals surface area contributed by atoms with Crippen molar-refractivity contribution in [2.24, 2.45) is 5.92 Å². The molecule has 138 valence electrons. The fourth-order valence-electron chi connectivity index (χ4n) is 3.00. The third-order valence-corrected chi connectivity index (χ3v) is 4.64. The predicted molar refractivity (Wildman–Crippen MR) is 92.6 cm³/mol. The van der Waals surface area contributed by atoms with Gasteiger partial charge in [0.05, 0.1) is 19.4 Å². The van der Waals surface area contributed by atoms with Gasteiger partial charge < -0.3 is 15.2 Å². The van der Waals surface area contributed by atoms with Crippen molar-refractivity contribution in [1.29, 1.82) is 0 Å². The van der Waals surface area contributed by atoms with Crippen LogP contribution in [0.15, 0.2) is 6.20 Å². The second-order valence-electron chi connectivity index (χ2n) is 6.37. The molecule has 1 aliphatic heterocycles. The summed E-state index contributed by atoms with van der Waals surface area (Å²) in [4.78, 5) is 8.02. The number of aromatic nitrogens is 4. The molecule has 7 nitrogen and oxygen atoms in total. The molecule has 0 radical (unpaired) electrons. The maximum Gasteiger partial charge on any atom is 0.319 e. The smallest absolute Gasteiger partial charge is 0.319 e. The van der Waals surface area contributed by atoms with E-state index in [1.165, 1.54) is 30.2 Å². The minimum Gasteiger partial charge on any atom is -0.463 e. The highest BCUT2D eigenvalue weighted by atomic mass is 35.5. The van der Waals surface area contributed by atoms with Crippen LogP contribution in [0.5, 0.6) is 6.01 Å². The molecule has 4 rings (SSSR count). The number of nitrogens with two attached hydrogens (primary N) is 1. The van der Waals surface area contributed by atoms with E-state index in [0.717, 1.165) is 13.0 Å². The molecule has 2 aromatic rings. The van der Waals surface area contributed by atoms with Gasteiger partial charge in [-0.15, -0.1) is 5.10 Å². The third kappa shape index (κ3) is 4.92. The maximum absolute atomic E-state index is 12.1. The van der Waals surface area contributed by atoms with Crippen LogP contribution >= 0.6 is 11.6 Å². The number of nitrogen functional groups attached to an aromatic ring is 1. The minimum atomic E-state index is -0.686. The molecule has 0 bridgehead atoms. The second kappa shape index (κ2) is 8.62. The van der Waals surface area contributed by atoms with Crippen molar-refractivity contribution in [1.82, 2.24) is 19.6 Å². The zero-order chi connectivity index (χ0) is 17.6. The number of anilines is 1. The van der Waals surface area contributed by atoms with E-state index in [0.29, 0.717) is 42.2 Å². The summed E-state index contributed by atoms with van der Waals surface area (Å²) in [6.45, 7) is 1.72. The third-order valence-electron chi connectivity index (χ3n) is 4.36. The molecule has 1 saturated heterocycles. The zero-order valence-corrected chi connectivity index (χ0v) is 14.8. The summed E-state index contributed by atoms with van der Waals surface area (Å²) < 4.78 is 24.1. The number of hydrogen-bond acceptors (Lipinski definition) is 6. The van der Waals surface area contributed by atoms with Gasteiger partial charge in [0.2, 0.25) is 5.95 Å². The molecule has 2 aromatic heterocycles. The quantitative estimate of drug-likeness (QED) is 0.892. The van der Waals surface area contributed by atoms with Gasteiger partial charge >= 0.3 is 6.01 Å². The van der Waals surface area contributed by atoms with Crippen LogP contribution < -0.4 is 10.5 Å². The topological polar surface area (TPSA) is 87.6 Å². The molecule has 1 saturated carbocycles. The molecule has 9 heteroatoms. The van der Waals surface area contributed by atoms with Crippen molar-refractivity contribution < 1.29 is 13.9 Å². The molecule has 3 heterocycles. The first-order valence-corrected chi connectivity index (χ1v) is 9.02. The molecule has 0 amide bonds. The van der Waals surface area contributed by atoms with Gasteiger partial charge in [-0.2, -0.15) is 9.50 Å². The molecule has 25 heavy (non-hydrogen) atoms. The summed E-state index contributed by atoms with van der Waals surface area (Å²) in [5, 5.41) is 4.38. The normalized spacial score (nSPS) is 21.1. The van der Waals surface area contributed by atoms with E-state index < -0.39 is 6.17 Å². The van der Waals surface area contributed by atoms with Crippen LogP contribution in [0.2, 0.25) is 5.15 Å². The highest BCUT2D eigenvalue weighted by Gasteiger charge is 2.18. The Morgan fingerprint density at radius 3 is 2.76 bits per heavy atom. The van der Waals surface area contributed by atoms with Crippen LogP contribution in [-0.4, -0.2) is 45.6 Å². The molecule has 0 aromatic carbocycles. The van der Waals surface area contributed by atoms with Gasteiger partial charge in [-0.3, -0.25) is 0 Å². The summed E-state index contributed by atoms with van der Waals surface area (Å²) in [7, 11) is 0. The first-order valence-electron chi connectivity index (χ1n) is 8.65. The first-order chi connectivity index (χ1) is 12.1. The minimum absolute atomic E-state index is 0.169. The Hall–Kier alpha value is -1.67. The number of halogens is 2. The Balaban J connectivity index is 0.000000219. The Morgan fingerprint density at radius 1 is 1.32 bits per heavy atom. The fourth-order valence-corrected chi connectivity index (χ4v) is 3.20. The van der Waals surface area contributed by atoms with Crippen LogP contribution in [0.1, 0.15) is 38.5 Å². The van der Waals surface area contributed by atoms with Crippen LogP contribution in [0.4, 0.5) is 10.3 Å².